The van der Waals surface area contributed by atoms with Crippen LogP contribution < -0.4 is 11.1 Å². The summed E-state index contributed by atoms with van der Waals surface area (Å²) in [5.41, 5.74) is 7.86. The third-order valence-corrected chi connectivity index (χ3v) is 3.78. The molecule has 0 spiro atoms. The Hall–Kier alpha value is -1.95. The first kappa shape index (κ1) is 12.1. The van der Waals surface area contributed by atoms with Crippen molar-refractivity contribution in [3.05, 3.63) is 24.3 Å². The summed E-state index contributed by atoms with van der Waals surface area (Å²) in [4.78, 5) is 0. The predicted molar refractivity (Wildman–Crippen MR) is 73.4 cm³/mol. The molecule has 2 aromatic rings. The molecule has 0 radical (unpaired) electrons. The van der Waals surface area contributed by atoms with Gasteiger partial charge in [0.2, 0.25) is 5.82 Å². The molecule has 1 heterocycles. The van der Waals surface area contributed by atoms with Gasteiger partial charge in [0, 0.05) is 17.3 Å². The molecule has 1 fully saturated rings. The Morgan fingerprint density at radius 3 is 3.11 bits per heavy atom. The first-order valence-electron chi connectivity index (χ1n) is 6.67. The maximum absolute atomic E-state index is 5.81. The molecule has 0 aliphatic heterocycles. The van der Waals surface area contributed by atoms with E-state index in [2.05, 4.69) is 38.1 Å². The maximum atomic E-state index is 5.81. The van der Waals surface area contributed by atoms with Gasteiger partial charge in [0.05, 0.1) is 0 Å². The van der Waals surface area contributed by atoms with E-state index < -0.39 is 0 Å². The largest absolute Gasteiger partial charge is 0.382 e. The summed E-state index contributed by atoms with van der Waals surface area (Å²) in [5, 5.41) is 17.6. The normalized spacial score (nSPS) is 22.6. The second-order valence-corrected chi connectivity index (χ2v) is 4.99. The molecule has 1 aliphatic rings. The number of rotatable bonds is 4. The van der Waals surface area contributed by atoms with Gasteiger partial charge in [-0.1, -0.05) is 18.6 Å². The lowest BCUT2D eigenvalue weighted by Gasteiger charge is -2.20. The highest BCUT2D eigenvalue weighted by atomic mass is 15.5. The number of nitrogens with zero attached hydrogens (tertiary/aromatic N) is 3. The molecule has 0 amide bonds. The zero-order valence-corrected chi connectivity index (χ0v) is 10.7. The Kier molecular flexibility index (Phi) is 3.41. The van der Waals surface area contributed by atoms with Crippen LogP contribution >= 0.6 is 0 Å². The smallest absolute Gasteiger partial charge is 0.204 e. The number of hydrogen-bond acceptors (Lipinski definition) is 5. The summed E-state index contributed by atoms with van der Waals surface area (Å²) < 4.78 is 0. The summed E-state index contributed by atoms with van der Waals surface area (Å²) >= 11 is 0. The Balaban J connectivity index is 1.76. The van der Waals surface area contributed by atoms with Crippen LogP contribution in [0.5, 0.6) is 0 Å². The second kappa shape index (κ2) is 5.36. The molecule has 1 aliphatic carbocycles. The minimum absolute atomic E-state index is 0.477. The summed E-state index contributed by atoms with van der Waals surface area (Å²) in [6.45, 7) is 0.752. The molecule has 1 saturated carbocycles. The van der Waals surface area contributed by atoms with Crippen molar-refractivity contribution >= 4 is 5.69 Å². The number of benzene rings is 1. The fraction of sp³-hybridized carbons (Fsp3) is 0.462. The molecular weight excluding hydrogens is 240 g/mol. The fourth-order valence-corrected chi connectivity index (χ4v) is 2.76. The van der Waals surface area contributed by atoms with E-state index in [0.717, 1.165) is 17.8 Å². The minimum Gasteiger partial charge on any atom is -0.382 e. The van der Waals surface area contributed by atoms with Crippen LogP contribution in [0.25, 0.3) is 11.4 Å². The lowest BCUT2D eigenvalue weighted by Crippen LogP contribution is -2.29. The maximum Gasteiger partial charge on any atom is 0.204 e. The highest BCUT2D eigenvalue weighted by Crippen LogP contribution is 2.28. The van der Waals surface area contributed by atoms with Crippen molar-refractivity contribution in [1.29, 1.82) is 0 Å². The van der Waals surface area contributed by atoms with E-state index in [0.29, 0.717) is 17.8 Å². The average Bonchev–Trinajstić information content (AvgIpc) is 3.10. The van der Waals surface area contributed by atoms with E-state index in [4.69, 9.17) is 5.73 Å². The average molecular weight is 258 g/mol. The number of aromatic amines is 1. The molecule has 4 N–H and O–H groups in total. The van der Waals surface area contributed by atoms with Gasteiger partial charge >= 0.3 is 0 Å². The minimum atomic E-state index is 0.477. The number of hydrogen-bond donors (Lipinski definition) is 3. The van der Waals surface area contributed by atoms with Gasteiger partial charge in [0.25, 0.3) is 0 Å². The van der Waals surface area contributed by atoms with E-state index in [9.17, 15) is 0 Å². The van der Waals surface area contributed by atoms with Gasteiger partial charge in [0.15, 0.2) is 0 Å². The molecule has 0 saturated heterocycles. The molecule has 2 atom stereocenters. The lowest BCUT2D eigenvalue weighted by molar-refractivity contribution is 0.516. The molecule has 1 aromatic carbocycles. The van der Waals surface area contributed by atoms with Gasteiger partial charge in [-0.3, -0.25) is 0 Å². The Morgan fingerprint density at radius 1 is 1.37 bits per heavy atom. The predicted octanol–water partition coefficient (Wildman–Crippen LogP) is 1.41. The standard InChI is InChI=1S/C13H18N6/c14-8-10-4-2-6-12(10)15-11-5-1-3-9(7-11)13-16-18-19-17-13/h1,3,5,7,10,12,15H,2,4,6,8,14H2,(H,16,17,18,19). The fourth-order valence-electron chi connectivity index (χ4n) is 2.76. The number of nitrogens with two attached hydrogens (primary N) is 1. The summed E-state index contributed by atoms with van der Waals surface area (Å²) in [6.07, 6.45) is 3.66. The molecule has 1 aromatic heterocycles. The number of anilines is 1. The van der Waals surface area contributed by atoms with Crippen LogP contribution in [0, 0.1) is 5.92 Å². The third-order valence-electron chi connectivity index (χ3n) is 3.78. The summed E-state index contributed by atoms with van der Waals surface area (Å²) in [7, 11) is 0. The van der Waals surface area contributed by atoms with Crippen LogP contribution in [0.2, 0.25) is 0 Å². The van der Waals surface area contributed by atoms with Crippen LogP contribution in [0.4, 0.5) is 5.69 Å². The van der Waals surface area contributed by atoms with Gasteiger partial charge in [-0.25, -0.2) is 0 Å². The van der Waals surface area contributed by atoms with Crippen molar-refractivity contribution in [2.75, 3.05) is 11.9 Å². The molecule has 6 heteroatoms. The van der Waals surface area contributed by atoms with E-state index in [1.54, 1.807) is 0 Å². The van der Waals surface area contributed by atoms with Crippen LogP contribution in [0.1, 0.15) is 19.3 Å². The SMILES string of the molecule is NCC1CCCC1Nc1cccc(-c2nn[nH]n2)c1. The number of H-pyrrole nitrogens is 1. The highest BCUT2D eigenvalue weighted by Gasteiger charge is 2.25. The number of aromatic nitrogens is 4. The molecule has 2 unspecified atom stereocenters. The summed E-state index contributed by atoms with van der Waals surface area (Å²) in [6, 6.07) is 8.57. The number of tetrazole rings is 1. The van der Waals surface area contributed by atoms with Crippen LogP contribution in [-0.2, 0) is 0 Å². The van der Waals surface area contributed by atoms with Crippen LogP contribution in [0.15, 0.2) is 24.3 Å². The first-order valence-corrected chi connectivity index (χ1v) is 6.67. The molecule has 0 bridgehead atoms. The van der Waals surface area contributed by atoms with Gasteiger partial charge in [-0.2, -0.15) is 5.21 Å². The van der Waals surface area contributed by atoms with Gasteiger partial charge < -0.3 is 11.1 Å². The van der Waals surface area contributed by atoms with E-state index >= 15 is 0 Å². The van der Waals surface area contributed by atoms with E-state index in [1.807, 2.05) is 12.1 Å². The van der Waals surface area contributed by atoms with Gasteiger partial charge in [-0.05, 0) is 42.7 Å². The van der Waals surface area contributed by atoms with Gasteiger partial charge in [0.1, 0.15) is 0 Å². The van der Waals surface area contributed by atoms with Crippen molar-refractivity contribution in [2.45, 2.75) is 25.3 Å². The van der Waals surface area contributed by atoms with Crippen molar-refractivity contribution < 1.29 is 0 Å². The second-order valence-electron chi connectivity index (χ2n) is 4.99. The Labute approximate surface area is 111 Å². The summed E-state index contributed by atoms with van der Waals surface area (Å²) in [5.74, 6) is 1.19. The van der Waals surface area contributed by atoms with Crippen molar-refractivity contribution in [1.82, 2.24) is 20.6 Å². The molecular formula is C13H18N6. The van der Waals surface area contributed by atoms with Crippen molar-refractivity contribution in [3.8, 4) is 11.4 Å². The highest BCUT2D eigenvalue weighted by molar-refractivity contribution is 5.62. The monoisotopic (exact) mass is 258 g/mol. The molecule has 100 valence electrons. The van der Waals surface area contributed by atoms with E-state index in [1.165, 1.54) is 19.3 Å². The quantitative estimate of drug-likeness (QED) is 0.771. The topological polar surface area (TPSA) is 92.5 Å². The molecule has 6 nitrogen and oxygen atoms in total. The van der Waals surface area contributed by atoms with E-state index in [-0.39, 0.29) is 0 Å². The molecule has 19 heavy (non-hydrogen) atoms. The van der Waals surface area contributed by atoms with Gasteiger partial charge in [-0.15, -0.1) is 10.2 Å². The third kappa shape index (κ3) is 2.58. The van der Waals surface area contributed by atoms with Crippen LogP contribution in [-0.4, -0.2) is 33.2 Å². The lowest BCUT2D eigenvalue weighted by atomic mass is 10.0. The number of nitrogens with one attached hydrogen (secondary N) is 2. The Bertz CT molecular complexity index is 524. The zero-order valence-electron chi connectivity index (χ0n) is 10.7. The first-order chi connectivity index (χ1) is 9.36. The Morgan fingerprint density at radius 2 is 2.32 bits per heavy atom. The van der Waals surface area contributed by atoms with Crippen LogP contribution in [0.3, 0.4) is 0 Å². The zero-order chi connectivity index (χ0) is 13.1. The van der Waals surface area contributed by atoms with Crippen molar-refractivity contribution in [3.63, 3.8) is 0 Å². The molecule has 3 rings (SSSR count). The van der Waals surface area contributed by atoms with Crippen molar-refractivity contribution in [2.24, 2.45) is 11.7 Å².